The second-order valence-electron chi connectivity index (χ2n) is 11.3. The summed E-state index contributed by atoms with van der Waals surface area (Å²) in [4.78, 5) is 59.6. The first-order valence-corrected chi connectivity index (χ1v) is 17.8. The molecule has 19 heteroatoms. The zero-order valence-electron chi connectivity index (χ0n) is 25.7. The number of likely N-dealkylation sites (N-methyl/N-ethyl adjacent to an activating group) is 1. The Labute approximate surface area is 278 Å². The van der Waals surface area contributed by atoms with Crippen LogP contribution in [0.3, 0.4) is 0 Å². The third-order valence-corrected chi connectivity index (χ3v) is 10.6. The van der Waals surface area contributed by atoms with Crippen LogP contribution in [0.15, 0.2) is 21.8 Å². The van der Waals surface area contributed by atoms with Crippen LogP contribution in [0.2, 0.25) is 0 Å². The van der Waals surface area contributed by atoms with Crippen molar-refractivity contribution in [1.82, 2.24) is 40.3 Å². The summed E-state index contributed by atoms with van der Waals surface area (Å²) in [6.07, 6.45) is 2.14. The van der Waals surface area contributed by atoms with Crippen LogP contribution in [0.5, 0.6) is 0 Å². The lowest BCUT2D eigenvalue weighted by Gasteiger charge is -2.49. The normalized spacial score (nSPS) is 20.6. The van der Waals surface area contributed by atoms with E-state index >= 15 is 0 Å². The minimum Gasteiger partial charge on any atom is -0.431 e. The van der Waals surface area contributed by atoms with Gasteiger partial charge in [0.15, 0.2) is 5.13 Å². The zero-order valence-corrected chi connectivity index (χ0v) is 28.2. The number of carbonyl (C=O) groups excluding carboxylic acids is 4. The Morgan fingerprint density at radius 1 is 1.22 bits per heavy atom. The lowest BCUT2D eigenvalue weighted by atomic mass is 9.98. The van der Waals surface area contributed by atoms with E-state index in [4.69, 9.17) is 19.9 Å². The highest BCUT2D eigenvalue weighted by Crippen LogP contribution is 2.42. The third-order valence-electron chi connectivity index (χ3n) is 7.45. The van der Waals surface area contributed by atoms with Gasteiger partial charge in [-0.2, -0.15) is 0 Å². The molecule has 2 amide bonds. The van der Waals surface area contributed by atoms with E-state index in [2.05, 4.69) is 25.8 Å². The van der Waals surface area contributed by atoms with E-state index in [0.29, 0.717) is 33.9 Å². The van der Waals surface area contributed by atoms with Crippen LogP contribution in [0.25, 0.3) is 0 Å². The van der Waals surface area contributed by atoms with E-state index in [-0.39, 0.29) is 29.9 Å². The summed E-state index contributed by atoms with van der Waals surface area (Å²) in [5, 5.41) is 16.8. The third kappa shape index (κ3) is 8.48. The number of rotatable bonds is 13. The van der Waals surface area contributed by atoms with Gasteiger partial charge in [0, 0.05) is 30.4 Å². The number of thioether (sulfide) groups is 2. The molecule has 0 aromatic carbocycles. The Morgan fingerprint density at radius 3 is 2.72 bits per heavy atom. The number of carbonyl (C=O) groups is 4. The highest BCUT2D eigenvalue weighted by molar-refractivity contribution is 8.01. The van der Waals surface area contributed by atoms with Crippen LogP contribution in [0.4, 0.5) is 9.93 Å². The van der Waals surface area contributed by atoms with Crippen LogP contribution in [-0.4, -0.2) is 115 Å². The lowest BCUT2D eigenvalue weighted by Crippen LogP contribution is -2.70. The molecule has 16 nitrogen and oxygen atoms in total. The number of β-lactam (4-membered cyclic amide) rings is 1. The van der Waals surface area contributed by atoms with Gasteiger partial charge in [-0.15, -0.1) is 28.2 Å². The van der Waals surface area contributed by atoms with Crippen molar-refractivity contribution < 1.29 is 33.4 Å². The fraction of sp³-hybridized carbons (Fsp3) is 0.630. The number of hydrogen-bond donors (Lipinski definition) is 2. The van der Waals surface area contributed by atoms with Gasteiger partial charge < -0.3 is 30.2 Å². The summed E-state index contributed by atoms with van der Waals surface area (Å²) in [6, 6.07) is -0.844. The van der Waals surface area contributed by atoms with E-state index in [9.17, 15) is 19.2 Å². The van der Waals surface area contributed by atoms with Gasteiger partial charge in [-0.25, -0.2) is 19.3 Å². The van der Waals surface area contributed by atoms with Crippen molar-refractivity contribution in [2.75, 3.05) is 37.9 Å². The summed E-state index contributed by atoms with van der Waals surface area (Å²) in [6.45, 7) is 2.70. The molecule has 0 radical (unpaired) electrons. The van der Waals surface area contributed by atoms with Gasteiger partial charge in [-0.3, -0.25) is 14.5 Å². The van der Waals surface area contributed by atoms with Gasteiger partial charge in [0.1, 0.15) is 23.2 Å². The number of hydrogen-bond acceptors (Lipinski definition) is 16. The average molecular weight is 696 g/mol. The van der Waals surface area contributed by atoms with Crippen molar-refractivity contribution in [2.24, 2.45) is 0 Å². The molecular weight excluding hydrogens is 659 g/mol. The quantitative estimate of drug-likeness (QED) is 0.133. The number of nitrogens with zero attached hydrogens (tertiary/aromatic N) is 7. The maximum Gasteiger partial charge on any atom is 0.511 e. The Morgan fingerprint density at radius 2 is 2.00 bits per heavy atom. The molecule has 2 aliphatic heterocycles. The number of fused-ring (bicyclic) bond motifs is 1. The Kier molecular flexibility index (Phi) is 11.4. The molecular formula is C27H37N9O7S3. The Balaban J connectivity index is 1.27. The van der Waals surface area contributed by atoms with Crippen LogP contribution in [-0.2, 0) is 41.6 Å². The predicted octanol–water partition coefficient (Wildman–Crippen LogP) is 1.64. The van der Waals surface area contributed by atoms with Crippen LogP contribution < -0.4 is 11.1 Å². The maximum absolute atomic E-state index is 13.6. The summed E-state index contributed by atoms with van der Waals surface area (Å²) in [5.41, 5.74) is 6.83. The van der Waals surface area contributed by atoms with Gasteiger partial charge in [0.05, 0.1) is 18.7 Å². The highest BCUT2D eigenvalue weighted by Gasteiger charge is 2.54. The van der Waals surface area contributed by atoms with Gasteiger partial charge in [-0.05, 0) is 55.8 Å². The molecule has 0 bridgehead atoms. The second kappa shape index (κ2) is 15.4. The molecule has 1 saturated carbocycles. The first kappa shape index (κ1) is 33.9. The Hall–Kier alpha value is -3.42. The molecule has 5 rings (SSSR count). The monoisotopic (exact) mass is 695 g/mol. The highest BCUT2D eigenvalue weighted by atomic mass is 32.2. The number of nitrogens with one attached hydrogen (secondary N) is 1. The van der Waals surface area contributed by atoms with Crippen molar-refractivity contribution in [3.8, 4) is 0 Å². The number of anilines is 1. The number of amides is 2. The number of aromatic nitrogens is 5. The topological polar surface area (TPSA) is 197 Å². The molecule has 3 atom stereocenters. The second-order valence-corrected chi connectivity index (χ2v) is 14.2. The molecule has 46 heavy (non-hydrogen) atoms. The van der Waals surface area contributed by atoms with Crippen LogP contribution >= 0.6 is 34.9 Å². The van der Waals surface area contributed by atoms with E-state index < -0.39 is 35.7 Å². The van der Waals surface area contributed by atoms with Crippen molar-refractivity contribution >= 4 is 63.9 Å². The number of thiazole rings is 1. The SMILES string of the molecule is CC(OC(=O)OC1CCCCC1)OC(=O)C1=C(CSc2nnnn2CCN(C)C)CS[C@@H]2[C@H](NC(=O)Cc3csc(N)n3)C(=O)N12. The van der Waals surface area contributed by atoms with Gasteiger partial charge in [-0.1, -0.05) is 18.2 Å². The summed E-state index contributed by atoms with van der Waals surface area (Å²) in [7, 11) is 3.90. The van der Waals surface area contributed by atoms with Crippen molar-refractivity contribution in [2.45, 2.75) is 81.0 Å². The molecule has 3 N–H and O–H groups in total. The largest absolute Gasteiger partial charge is 0.511 e. The molecule has 1 aliphatic carbocycles. The molecule has 2 fully saturated rings. The van der Waals surface area contributed by atoms with Crippen LogP contribution in [0, 0.1) is 0 Å². The standard InChI is InChI=1S/C27H37N9O7S3/c1-15(42-27(40)43-18-7-5-4-6-8-18)41-24(39)21-16(13-46-26-31-32-33-35(26)10-9-34(2)3)12-44-23-20(22(38)36(21)23)30-19(37)11-17-14-45-25(28)29-17/h14-15,18,20,23H,4-13H2,1-3H3,(H2,28,29)(H,30,37)/t15?,20-,23-/m1/s1. The van der Waals surface area contributed by atoms with E-state index in [1.807, 2.05) is 19.0 Å². The smallest absolute Gasteiger partial charge is 0.431 e. The number of esters is 1. The van der Waals surface area contributed by atoms with Crippen molar-refractivity contribution in [3.63, 3.8) is 0 Å². The summed E-state index contributed by atoms with van der Waals surface area (Å²) in [5.74, 6) is -1.01. The number of nitrogens with two attached hydrogens (primary N) is 1. The molecule has 2 aromatic heterocycles. The van der Waals surface area contributed by atoms with E-state index in [1.165, 1.54) is 46.7 Å². The fourth-order valence-corrected chi connectivity index (χ4v) is 8.13. The summed E-state index contributed by atoms with van der Waals surface area (Å²) < 4.78 is 17.8. The number of tetrazole rings is 1. The van der Waals surface area contributed by atoms with Gasteiger partial charge in [0.2, 0.25) is 17.4 Å². The number of ether oxygens (including phenoxy) is 3. The maximum atomic E-state index is 13.6. The van der Waals surface area contributed by atoms with Crippen LogP contribution in [0.1, 0.15) is 44.7 Å². The van der Waals surface area contributed by atoms with Gasteiger partial charge in [0.25, 0.3) is 5.91 Å². The molecule has 4 heterocycles. The molecule has 2 aromatic rings. The van der Waals surface area contributed by atoms with Crippen molar-refractivity contribution in [3.05, 3.63) is 22.3 Å². The fourth-order valence-electron chi connectivity index (χ4n) is 5.18. The minimum atomic E-state index is -1.27. The summed E-state index contributed by atoms with van der Waals surface area (Å²) >= 11 is 3.97. The van der Waals surface area contributed by atoms with Crippen molar-refractivity contribution in [1.29, 1.82) is 0 Å². The average Bonchev–Trinajstić information content (AvgIpc) is 3.65. The van der Waals surface area contributed by atoms with E-state index in [1.54, 1.807) is 10.1 Å². The first-order chi connectivity index (χ1) is 22.1. The molecule has 250 valence electrons. The molecule has 1 unspecified atom stereocenters. The van der Waals surface area contributed by atoms with E-state index in [0.717, 1.165) is 38.6 Å². The molecule has 3 aliphatic rings. The predicted molar refractivity (Wildman–Crippen MR) is 169 cm³/mol. The molecule has 1 saturated heterocycles. The van der Waals surface area contributed by atoms with Gasteiger partial charge >= 0.3 is 12.1 Å². The zero-order chi connectivity index (χ0) is 32.8. The number of nitrogen functional groups attached to an aromatic ring is 1. The molecule has 0 spiro atoms. The lowest BCUT2D eigenvalue weighted by molar-refractivity contribution is -0.170. The Bertz CT molecular complexity index is 1460. The first-order valence-electron chi connectivity index (χ1n) is 14.9. The minimum absolute atomic E-state index is 0.0319.